The average Bonchev–Trinajstić information content (AvgIpc) is 3.25. The van der Waals surface area contributed by atoms with E-state index in [4.69, 9.17) is 9.47 Å². The standard InChI is InChI=1S/C35H40N2O5/c1-24(2)27-8-10-28(11-9-27)32-31(34(39)35(40)37(32)17-5-16-36-18-20-41-21-19-36)33(38)29-12-14-30(15-13-29)42-23-26-7-4-6-25(3)22-26/h4,6-15,22,24,32,38H,5,16-21,23H2,1-3H3. The van der Waals surface area contributed by atoms with E-state index in [1.807, 2.05) is 49.4 Å². The number of aliphatic hydroxyl groups is 1. The molecule has 0 saturated carbocycles. The maximum atomic E-state index is 13.4. The van der Waals surface area contributed by atoms with Gasteiger partial charge in [-0.2, -0.15) is 0 Å². The molecule has 2 saturated heterocycles. The van der Waals surface area contributed by atoms with Crippen LogP contribution < -0.4 is 4.74 Å². The minimum Gasteiger partial charge on any atom is -0.507 e. The maximum Gasteiger partial charge on any atom is 0.295 e. The van der Waals surface area contributed by atoms with Crippen molar-refractivity contribution < 1.29 is 24.2 Å². The van der Waals surface area contributed by atoms with Crippen molar-refractivity contribution in [2.75, 3.05) is 39.4 Å². The first kappa shape index (κ1) is 29.5. The molecule has 3 aromatic rings. The summed E-state index contributed by atoms with van der Waals surface area (Å²) in [5.41, 5.74) is 4.81. The van der Waals surface area contributed by atoms with E-state index in [2.05, 4.69) is 24.8 Å². The number of carbonyl (C=O) groups excluding carboxylic acids is 2. The quantitative estimate of drug-likeness (QED) is 0.188. The summed E-state index contributed by atoms with van der Waals surface area (Å²) in [6, 6.07) is 22.5. The van der Waals surface area contributed by atoms with Gasteiger partial charge in [-0.05, 0) is 60.2 Å². The molecule has 0 spiro atoms. The molecule has 5 rings (SSSR count). The molecule has 1 atom stereocenters. The molecule has 0 aromatic heterocycles. The normalized spacial score (nSPS) is 19.0. The number of ketones is 1. The van der Waals surface area contributed by atoms with Crippen LogP contribution in [-0.2, 0) is 20.9 Å². The van der Waals surface area contributed by atoms with Gasteiger partial charge in [0.25, 0.3) is 11.7 Å². The van der Waals surface area contributed by atoms with Crippen LogP contribution in [0.4, 0.5) is 0 Å². The Kier molecular flexibility index (Phi) is 9.40. The second-order valence-electron chi connectivity index (χ2n) is 11.4. The number of Topliss-reactive ketones (excluding diaryl/α,β-unsaturated/α-hetero) is 1. The van der Waals surface area contributed by atoms with Crippen molar-refractivity contribution in [3.63, 3.8) is 0 Å². The first-order valence-corrected chi connectivity index (χ1v) is 14.8. The first-order valence-electron chi connectivity index (χ1n) is 14.8. The lowest BCUT2D eigenvalue weighted by molar-refractivity contribution is -0.140. The highest BCUT2D eigenvalue weighted by Gasteiger charge is 2.45. The number of hydrogen-bond acceptors (Lipinski definition) is 6. The maximum absolute atomic E-state index is 13.4. The molecule has 7 heteroatoms. The molecule has 1 N–H and O–H groups in total. The molecule has 0 aliphatic carbocycles. The summed E-state index contributed by atoms with van der Waals surface area (Å²) in [4.78, 5) is 30.8. The van der Waals surface area contributed by atoms with Crippen molar-refractivity contribution in [2.45, 2.75) is 45.8 Å². The molecular weight excluding hydrogens is 528 g/mol. The zero-order chi connectivity index (χ0) is 29.6. The highest BCUT2D eigenvalue weighted by atomic mass is 16.5. The Hall–Kier alpha value is -3.94. The lowest BCUT2D eigenvalue weighted by Gasteiger charge is -2.29. The van der Waals surface area contributed by atoms with Crippen LogP contribution in [0.15, 0.2) is 78.4 Å². The highest BCUT2D eigenvalue weighted by Crippen LogP contribution is 2.40. The van der Waals surface area contributed by atoms with Gasteiger partial charge < -0.3 is 19.5 Å². The molecule has 7 nitrogen and oxygen atoms in total. The topological polar surface area (TPSA) is 79.3 Å². The fourth-order valence-corrected chi connectivity index (χ4v) is 5.64. The van der Waals surface area contributed by atoms with Crippen LogP contribution in [0.1, 0.15) is 60.0 Å². The number of rotatable bonds is 10. The molecule has 2 heterocycles. The predicted molar refractivity (Wildman–Crippen MR) is 163 cm³/mol. The van der Waals surface area contributed by atoms with Crippen molar-refractivity contribution in [1.82, 2.24) is 9.80 Å². The summed E-state index contributed by atoms with van der Waals surface area (Å²) in [7, 11) is 0. The molecular formula is C35H40N2O5. The molecule has 1 amide bonds. The van der Waals surface area contributed by atoms with Gasteiger partial charge in [-0.25, -0.2) is 0 Å². The van der Waals surface area contributed by atoms with Gasteiger partial charge in [0, 0.05) is 31.7 Å². The molecule has 3 aromatic carbocycles. The predicted octanol–water partition coefficient (Wildman–Crippen LogP) is 5.84. The number of aryl methyl sites for hydroxylation is 1. The van der Waals surface area contributed by atoms with E-state index in [0.29, 0.717) is 43.6 Å². The number of likely N-dealkylation sites (tertiary alicyclic amines) is 1. The van der Waals surface area contributed by atoms with Crippen LogP contribution >= 0.6 is 0 Å². The Morgan fingerprint density at radius 2 is 1.69 bits per heavy atom. The first-order chi connectivity index (χ1) is 20.3. The zero-order valence-corrected chi connectivity index (χ0v) is 24.7. The van der Waals surface area contributed by atoms with E-state index in [-0.39, 0.29) is 11.3 Å². The molecule has 2 fully saturated rings. The van der Waals surface area contributed by atoms with Crippen molar-refractivity contribution in [3.05, 3.63) is 106 Å². The van der Waals surface area contributed by atoms with Crippen molar-refractivity contribution >= 4 is 17.4 Å². The van der Waals surface area contributed by atoms with Gasteiger partial charge in [0.05, 0.1) is 24.8 Å². The van der Waals surface area contributed by atoms with Crippen molar-refractivity contribution in [3.8, 4) is 5.75 Å². The lowest BCUT2D eigenvalue weighted by Crippen LogP contribution is -2.38. The fraction of sp³-hybridized carbons (Fsp3) is 0.371. The van der Waals surface area contributed by atoms with Crippen LogP contribution in [0, 0.1) is 6.92 Å². The number of morpholine rings is 1. The third-order valence-electron chi connectivity index (χ3n) is 8.05. The van der Waals surface area contributed by atoms with E-state index in [9.17, 15) is 14.7 Å². The molecule has 0 bridgehead atoms. The average molecular weight is 569 g/mol. The van der Waals surface area contributed by atoms with Gasteiger partial charge in [-0.1, -0.05) is 67.9 Å². The molecule has 1 unspecified atom stereocenters. The summed E-state index contributed by atoms with van der Waals surface area (Å²) in [6.45, 7) is 11.1. The Bertz CT molecular complexity index is 1420. The number of ether oxygens (including phenoxy) is 2. The summed E-state index contributed by atoms with van der Waals surface area (Å²) in [5.74, 6) is -0.402. The molecule has 0 radical (unpaired) electrons. The van der Waals surface area contributed by atoms with E-state index >= 15 is 0 Å². The minimum atomic E-state index is -0.659. The van der Waals surface area contributed by atoms with Crippen LogP contribution in [0.25, 0.3) is 5.76 Å². The third-order valence-corrected chi connectivity index (χ3v) is 8.05. The van der Waals surface area contributed by atoms with E-state index in [1.165, 1.54) is 11.1 Å². The Morgan fingerprint density at radius 1 is 0.976 bits per heavy atom. The number of nitrogens with zero attached hydrogens (tertiary/aromatic N) is 2. The van der Waals surface area contributed by atoms with E-state index < -0.39 is 17.7 Å². The second-order valence-corrected chi connectivity index (χ2v) is 11.4. The fourth-order valence-electron chi connectivity index (χ4n) is 5.64. The Labute approximate surface area is 248 Å². The van der Waals surface area contributed by atoms with Crippen LogP contribution in [0.5, 0.6) is 5.75 Å². The van der Waals surface area contributed by atoms with E-state index in [1.54, 1.807) is 29.2 Å². The number of benzene rings is 3. The van der Waals surface area contributed by atoms with Crippen molar-refractivity contribution in [2.24, 2.45) is 0 Å². The summed E-state index contributed by atoms with van der Waals surface area (Å²) >= 11 is 0. The van der Waals surface area contributed by atoms with Gasteiger partial charge in [0.1, 0.15) is 18.1 Å². The van der Waals surface area contributed by atoms with Crippen LogP contribution in [0.2, 0.25) is 0 Å². The van der Waals surface area contributed by atoms with Gasteiger partial charge in [-0.15, -0.1) is 0 Å². The molecule has 42 heavy (non-hydrogen) atoms. The SMILES string of the molecule is Cc1cccc(COc2ccc(C(O)=C3C(=O)C(=O)N(CCCN4CCOCC4)C3c3ccc(C(C)C)cc3)cc2)c1. The monoisotopic (exact) mass is 568 g/mol. The van der Waals surface area contributed by atoms with Gasteiger partial charge in [-0.3, -0.25) is 14.5 Å². The van der Waals surface area contributed by atoms with Gasteiger partial charge >= 0.3 is 0 Å². The molecule has 220 valence electrons. The zero-order valence-electron chi connectivity index (χ0n) is 24.7. The summed E-state index contributed by atoms with van der Waals surface area (Å²) in [6.07, 6.45) is 0.723. The lowest BCUT2D eigenvalue weighted by atomic mass is 9.93. The second kappa shape index (κ2) is 13.4. The van der Waals surface area contributed by atoms with E-state index in [0.717, 1.165) is 37.2 Å². The molecule has 2 aliphatic heterocycles. The van der Waals surface area contributed by atoms with Crippen LogP contribution in [-0.4, -0.2) is 66.0 Å². The molecule has 2 aliphatic rings. The van der Waals surface area contributed by atoms with Gasteiger partial charge in [0.15, 0.2) is 0 Å². The number of carbonyl (C=O) groups is 2. The third kappa shape index (κ3) is 6.75. The van der Waals surface area contributed by atoms with Crippen LogP contribution in [0.3, 0.4) is 0 Å². The van der Waals surface area contributed by atoms with Gasteiger partial charge in [0.2, 0.25) is 0 Å². The number of amides is 1. The highest BCUT2D eigenvalue weighted by molar-refractivity contribution is 6.46. The largest absolute Gasteiger partial charge is 0.507 e. The Balaban J connectivity index is 1.40. The minimum absolute atomic E-state index is 0.122. The number of aliphatic hydroxyl groups excluding tert-OH is 1. The number of hydrogen-bond donors (Lipinski definition) is 1. The Morgan fingerprint density at radius 3 is 2.36 bits per heavy atom. The van der Waals surface area contributed by atoms with Crippen molar-refractivity contribution in [1.29, 1.82) is 0 Å². The smallest absolute Gasteiger partial charge is 0.295 e. The summed E-state index contributed by atoms with van der Waals surface area (Å²) in [5, 5.41) is 11.5. The summed E-state index contributed by atoms with van der Waals surface area (Å²) < 4.78 is 11.4.